The number of carbonyl (C=O) groups is 1. The minimum Gasteiger partial charge on any atom is -0.444 e. The van der Waals surface area contributed by atoms with Crippen molar-refractivity contribution in [3.8, 4) is 0 Å². The van der Waals surface area contributed by atoms with Crippen LogP contribution in [0.2, 0.25) is 0 Å². The highest BCUT2D eigenvalue weighted by atomic mass is 16.6. The maximum Gasteiger partial charge on any atom is 0.410 e. The Bertz CT molecular complexity index is 197. The molecule has 1 heterocycles. The van der Waals surface area contributed by atoms with Gasteiger partial charge < -0.3 is 9.64 Å². The Morgan fingerprint density at radius 3 is 1.89 bits per heavy atom. The molecule has 0 aliphatic carbocycles. The Morgan fingerprint density at radius 1 is 1.17 bits per heavy atom. The van der Waals surface area contributed by atoms with E-state index in [9.17, 15) is 4.79 Å². The molecule has 1 saturated heterocycles. The monoisotopic (exact) mass is 261 g/mol. The van der Waals surface area contributed by atoms with Crippen molar-refractivity contribution in [1.82, 2.24) is 4.90 Å². The van der Waals surface area contributed by atoms with Crippen LogP contribution in [0.4, 0.5) is 4.79 Å². The van der Waals surface area contributed by atoms with E-state index in [0.717, 1.165) is 19.5 Å². The number of likely N-dealkylation sites (tertiary alicyclic amines) is 1. The summed E-state index contributed by atoms with van der Waals surface area (Å²) >= 11 is 0. The number of ether oxygens (including phenoxy) is 1. The molecule has 1 aliphatic heterocycles. The molecule has 0 aromatic rings. The maximum atomic E-state index is 11.5. The van der Waals surface area contributed by atoms with Crippen molar-refractivity contribution >= 4 is 6.09 Å². The number of rotatable bonds is 0. The molecule has 3 heteroatoms. The smallest absolute Gasteiger partial charge is 0.410 e. The van der Waals surface area contributed by atoms with E-state index in [0.29, 0.717) is 5.92 Å². The van der Waals surface area contributed by atoms with Gasteiger partial charge in [0.15, 0.2) is 0 Å². The average molecular weight is 261 g/mol. The third-order valence-corrected chi connectivity index (χ3v) is 2.08. The standard InChI is InChI=1S/C10H19NO2.2C2H6.CH4/c1-8-5-6-11(7-8)9(12)13-10(2,3)4;2*1-2;/h8H,5-7H2,1-4H3;2*1-2H3;1H4/t8-;;;/m0.../s1. The lowest BCUT2D eigenvalue weighted by atomic mass is 10.2. The summed E-state index contributed by atoms with van der Waals surface area (Å²) in [6.07, 6.45) is 0.927. The van der Waals surface area contributed by atoms with Gasteiger partial charge in [-0.2, -0.15) is 0 Å². The second-order valence-electron chi connectivity index (χ2n) is 4.82. The van der Waals surface area contributed by atoms with Gasteiger partial charge in [-0.25, -0.2) is 4.79 Å². The molecule has 0 aromatic heterocycles. The average Bonchev–Trinajstić information content (AvgIpc) is 2.69. The highest BCUT2D eigenvalue weighted by Gasteiger charge is 2.27. The van der Waals surface area contributed by atoms with Crippen LogP contribution in [0.15, 0.2) is 0 Å². The Kier molecular flexibility index (Phi) is 14.2. The van der Waals surface area contributed by atoms with Gasteiger partial charge in [0, 0.05) is 13.1 Å². The predicted octanol–water partition coefficient (Wildman–Crippen LogP) is 4.95. The zero-order valence-electron chi connectivity index (χ0n) is 13.0. The van der Waals surface area contributed by atoms with Crippen LogP contribution >= 0.6 is 0 Å². The summed E-state index contributed by atoms with van der Waals surface area (Å²) in [5.74, 6) is 0.618. The SMILES string of the molecule is C.CC.CC.C[C@H]1CCN(C(=O)OC(C)(C)C)C1. The number of carbonyl (C=O) groups excluding carboxylic acids is 1. The van der Waals surface area contributed by atoms with Crippen LogP contribution < -0.4 is 0 Å². The maximum absolute atomic E-state index is 11.5. The lowest BCUT2D eigenvalue weighted by Gasteiger charge is -2.24. The second kappa shape index (κ2) is 11.4. The van der Waals surface area contributed by atoms with E-state index in [2.05, 4.69) is 6.92 Å². The van der Waals surface area contributed by atoms with Crippen molar-refractivity contribution in [2.75, 3.05) is 13.1 Å². The molecule has 0 aromatic carbocycles. The van der Waals surface area contributed by atoms with Crippen LogP contribution in [0.3, 0.4) is 0 Å². The van der Waals surface area contributed by atoms with Gasteiger partial charge >= 0.3 is 6.09 Å². The van der Waals surface area contributed by atoms with Gasteiger partial charge in [-0.1, -0.05) is 42.0 Å². The third kappa shape index (κ3) is 10.4. The molecule has 1 rings (SSSR count). The van der Waals surface area contributed by atoms with E-state index >= 15 is 0 Å². The molecule has 0 radical (unpaired) electrons. The van der Waals surface area contributed by atoms with Crippen molar-refractivity contribution < 1.29 is 9.53 Å². The van der Waals surface area contributed by atoms with Crippen LogP contribution in [-0.2, 0) is 4.74 Å². The molecule has 1 aliphatic rings. The summed E-state index contributed by atoms with van der Waals surface area (Å²) < 4.78 is 5.26. The van der Waals surface area contributed by atoms with Crippen LogP contribution in [-0.4, -0.2) is 29.7 Å². The van der Waals surface area contributed by atoms with E-state index in [1.807, 2.05) is 48.5 Å². The van der Waals surface area contributed by atoms with Crippen LogP contribution in [0.1, 0.15) is 69.2 Å². The summed E-state index contributed by atoms with van der Waals surface area (Å²) in [5.41, 5.74) is -0.372. The first kappa shape index (κ1) is 22.5. The highest BCUT2D eigenvalue weighted by Crippen LogP contribution is 2.18. The molecule has 18 heavy (non-hydrogen) atoms. The Labute approximate surface area is 115 Å². The Hall–Kier alpha value is -0.730. The fourth-order valence-corrected chi connectivity index (χ4v) is 1.43. The summed E-state index contributed by atoms with van der Waals surface area (Å²) in [6, 6.07) is 0. The fraction of sp³-hybridized carbons (Fsp3) is 0.933. The lowest BCUT2D eigenvalue weighted by molar-refractivity contribution is 0.0289. The summed E-state index contributed by atoms with van der Waals surface area (Å²) in [7, 11) is 0. The minimum atomic E-state index is -0.372. The minimum absolute atomic E-state index is 0. The third-order valence-electron chi connectivity index (χ3n) is 2.08. The van der Waals surface area contributed by atoms with Crippen molar-refractivity contribution in [3.63, 3.8) is 0 Å². The van der Waals surface area contributed by atoms with Crippen LogP contribution in [0.5, 0.6) is 0 Å². The van der Waals surface area contributed by atoms with E-state index in [4.69, 9.17) is 4.74 Å². The topological polar surface area (TPSA) is 29.5 Å². The van der Waals surface area contributed by atoms with Gasteiger partial charge in [-0.3, -0.25) is 0 Å². The van der Waals surface area contributed by atoms with E-state index in [-0.39, 0.29) is 19.1 Å². The molecule has 0 spiro atoms. The number of amides is 1. The molecule has 1 amide bonds. The van der Waals surface area contributed by atoms with E-state index in [1.165, 1.54) is 0 Å². The summed E-state index contributed by atoms with van der Waals surface area (Å²) in [6.45, 7) is 17.5. The summed E-state index contributed by atoms with van der Waals surface area (Å²) in [4.78, 5) is 13.3. The van der Waals surface area contributed by atoms with Gasteiger partial charge in [0.05, 0.1) is 0 Å². The second-order valence-corrected chi connectivity index (χ2v) is 4.82. The lowest BCUT2D eigenvalue weighted by Crippen LogP contribution is -2.35. The number of hydrogen-bond acceptors (Lipinski definition) is 2. The van der Waals surface area contributed by atoms with Gasteiger partial charge in [0.25, 0.3) is 0 Å². The quantitative estimate of drug-likeness (QED) is 0.617. The van der Waals surface area contributed by atoms with Crippen LogP contribution in [0.25, 0.3) is 0 Å². The largest absolute Gasteiger partial charge is 0.444 e. The molecule has 0 unspecified atom stereocenters. The molecule has 0 saturated carbocycles. The first-order valence-corrected chi connectivity index (χ1v) is 6.86. The molecule has 112 valence electrons. The Morgan fingerprint density at radius 2 is 1.61 bits per heavy atom. The van der Waals surface area contributed by atoms with Gasteiger partial charge in [0.1, 0.15) is 5.60 Å². The van der Waals surface area contributed by atoms with Crippen molar-refractivity contribution in [1.29, 1.82) is 0 Å². The van der Waals surface area contributed by atoms with Crippen molar-refractivity contribution in [2.45, 2.75) is 74.8 Å². The molecule has 1 fully saturated rings. The van der Waals surface area contributed by atoms with Crippen molar-refractivity contribution in [2.24, 2.45) is 5.92 Å². The first-order valence-electron chi connectivity index (χ1n) is 6.86. The van der Waals surface area contributed by atoms with E-state index in [1.54, 1.807) is 4.90 Å². The first-order chi connectivity index (χ1) is 7.88. The van der Waals surface area contributed by atoms with Crippen molar-refractivity contribution in [3.05, 3.63) is 0 Å². The fourth-order valence-electron chi connectivity index (χ4n) is 1.43. The number of nitrogens with zero attached hydrogens (tertiary/aromatic N) is 1. The summed E-state index contributed by atoms with van der Waals surface area (Å²) in [5, 5.41) is 0. The van der Waals surface area contributed by atoms with Gasteiger partial charge in [0.2, 0.25) is 0 Å². The molecular formula is C15H35NO2. The number of hydrogen-bond donors (Lipinski definition) is 0. The molecule has 3 nitrogen and oxygen atoms in total. The predicted molar refractivity (Wildman–Crippen MR) is 81.0 cm³/mol. The van der Waals surface area contributed by atoms with Gasteiger partial charge in [-0.15, -0.1) is 0 Å². The zero-order valence-corrected chi connectivity index (χ0v) is 13.0. The normalized spacial score (nSPS) is 17.6. The highest BCUT2D eigenvalue weighted by molar-refractivity contribution is 5.68. The van der Waals surface area contributed by atoms with Crippen LogP contribution in [0, 0.1) is 5.92 Å². The van der Waals surface area contributed by atoms with E-state index < -0.39 is 0 Å². The Balaban J connectivity index is -0.000000409. The molecule has 1 atom stereocenters. The zero-order chi connectivity index (χ0) is 14.1. The molecule has 0 N–H and O–H groups in total. The molecule has 0 bridgehead atoms. The molecular weight excluding hydrogens is 226 g/mol. The van der Waals surface area contributed by atoms with Gasteiger partial charge in [-0.05, 0) is 33.1 Å².